The number of amides is 2. The molecular weight excluding hydrogens is 348 g/mol. The van der Waals surface area contributed by atoms with Crippen molar-refractivity contribution < 1.29 is 27.5 Å². The maximum atomic E-state index is 11.7. The molecule has 2 rings (SSSR count). The maximum Gasteiger partial charge on any atom is 0.229 e. The number of hydrogen-bond donors (Lipinski definition) is 2. The summed E-state index contributed by atoms with van der Waals surface area (Å²) in [5, 5.41) is 5.15. The van der Waals surface area contributed by atoms with Crippen molar-refractivity contribution in [1.29, 1.82) is 0 Å². The molecule has 1 aliphatic heterocycles. The molecule has 8 nitrogen and oxygen atoms in total. The number of ether oxygens (including phenoxy) is 2. The highest BCUT2D eigenvalue weighted by molar-refractivity contribution is 7.91. The molecule has 0 spiro atoms. The molecule has 1 aromatic rings. The SMILES string of the molecule is COc1ccc(OCCNC(=O)CC(=O)NC2CCS(=O)(=O)C2)cc1. The van der Waals surface area contributed by atoms with Gasteiger partial charge in [-0.15, -0.1) is 0 Å². The summed E-state index contributed by atoms with van der Waals surface area (Å²) in [6.07, 6.45) is 0.0600. The minimum atomic E-state index is -3.06. The number of sulfone groups is 1. The van der Waals surface area contributed by atoms with E-state index in [-0.39, 0.29) is 31.1 Å². The fraction of sp³-hybridized carbons (Fsp3) is 0.500. The van der Waals surface area contributed by atoms with Crippen molar-refractivity contribution in [2.75, 3.05) is 31.8 Å². The maximum absolute atomic E-state index is 11.7. The fourth-order valence-corrected chi connectivity index (χ4v) is 4.10. The van der Waals surface area contributed by atoms with Crippen molar-refractivity contribution in [2.45, 2.75) is 18.9 Å². The van der Waals surface area contributed by atoms with Gasteiger partial charge in [-0.2, -0.15) is 0 Å². The molecule has 1 aliphatic rings. The molecule has 0 bridgehead atoms. The lowest BCUT2D eigenvalue weighted by Gasteiger charge is -2.11. The Balaban J connectivity index is 1.61. The molecule has 0 aromatic heterocycles. The third kappa shape index (κ3) is 6.61. The molecule has 1 unspecified atom stereocenters. The van der Waals surface area contributed by atoms with Crippen LogP contribution in [0, 0.1) is 0 Å². The number of carbonyl (C=O) groups is 2. The van der Waals surface area contributed by atoms with Crippen LogP contribution >= 0.6 is 0 Å². The second-order valence-electron chi connectivity index (χ2n) is 5.72. The van der Waals surface area contributed by atoms with Gasteiger partial charge < -0.3 is 20.1 Å². The molecule has 0 saturated carbocycles. The van der Waals surface area contributed by atoms with Crippen molar-refractivity contribution in [1.82, 2.24) is 10.6 Å². The zero-order valence-corrected chi connectivity index (χ0v) is 14.8. The van der Waals surface area contributed by atoms with Gasteiger partial charge in [-0.25, -0.2) is 8.42 Å². The van der Waals surface area contributed by atoms with E-state index in [0.29, 0.717) is 12.2 Å². The Labute approximate surface area is 146 Å². The van der Waals surface area contributed by atoms with Crippen molar-refractivity contribution in [3.05, 3.63) is 24.3 Å². The normalized spacial score (nSPS) is 18.4. The average Bonchev–Trinajstić information content (AvgIpc) is 2.90. The smallest absolute Gasteiger partial charge is 0.229 e. The number of methoxy groups -OCH3 is 1. The molecule has 0 aliphatic carbocycles. The molecule has 9 heteroatoms. The second kappa shape index (κ2) is 8.70. The van der Waals surface area contributed by atoms with Crippen molar-refractivity contribution >= 4 is 21.7 Å². The van der Waals surface area contributed by atoms with Crippen LogP contribution in [0.25, 0.3) is 0 Å². The van der Waals surface area contributed by atoms with E-state index in [0.717, 1.165) is 5.75 Å². The largest absolute Gasteiger partial charge is 0.497 e. The Morgan fingerprint density at radius 1 is 1.16 bits per heavy atom. The van der Waals surface area contributed by atoms with Crippen LogP contribution in [0.1, 0.15) is 12.8 Å². The zero-order valence-electron chi connectivity index (χ0n) is 14.0. The van der Waals surface area contributed by atoms with E-state index >= 15 is 0 Å². The monoisotopic (exact) mass is 370 g/mol. The lowest BCUT2D eigenvalue weighted by molar-refractivity contribution is -0.129. The molecule has 1 saturated heterocycles. The van der Waals surface area contributed by atoms with E-state index in [1.807, 2.05) is 0 Å². The van der Waals surface area contributed by atoms with Gasteiger partial charge in [0, 0.05) is 6.04 Å². The van der Waals surface area contributed by atoms with E-state index in [4.69, 9.17) is 9.47 Å². The van der Waals surface area contributed by atoms with Gasteiger partial charge in [0.2, 0.25) is 11.8 Å². The lowest BCUT2D eigenvalue weighted by atomic mass is 10.2. The predicted octanol–water partition coefficient (Wildman–Crippen LogP) is -0.116. The first kappa shape index (κ1) is 19.0. The van der Waals surface area contributed by atoms with E-state index in [9.17, 15) is 18.0 Å². The summed E-state index contributed by atoms with van der Waals surface area (Å²) < 4.78 is 33.1. The number of carbonyl (C=O) groups excluding carboxylic acids is 2. The van der Waals surface area contributed by atoms with Crippen molar-refractivity contribution in [3.8, 4) is 11.5 Å². The third-order valence-corrected chi connectivity index (χ3v) is 5.44. The van der Waals surface area contributed by atoms with Crippen LogP contribution in [-0.4, -0.2) is 58.0 Å². The topological polar surface area (TPSA) is 111 Å². The van der Waals surface area contributed by atoms with Crippen molar-refractivity contribution in [2.24, 2.45) is 0 Å². The van der Waals surface area contributed by atoms with Crippen LogP contribution in [0.5, 0.6) is 11.5 Å². The van der Waals surface area contributed by atoms with Gasteiger partial charge in [-0.1, -0.05) is 0 Å². The Hall–Kier alpha value is -2.29. The predicted molar refractivity (Wildman–Crippen MR) is 91.3 cm³/mol. The average molecular weight is 370 g/mol. The summed E-state index contributed by atoms with van der Waals surface area (Å²) in [5.74, 6) is 0.479. The second-order valence-corrected chi connectivity index (χ2v) is 7.95. The Morgan fingerprint density at radius 3 is 2.44 bits per heavy atom. The zero-order chi connectivity index (χ0) is 18.3. The molecule has 1 heterocycles. The van der Waals surface area contributed by atoms with Crippen LogP contribution in [0.4, 0.5) is 0 Å². The molecule has 1 aromatic carbocycles. The highest BCUT2D eigenvalue weighted by Crippen LogP contribution is 2.16. The van der Waals surface area contributed by atoms with Gasteiger partial charge in [0.15, 0.2) is 9.84 Å². The van der Waals surface area contributed by atoms with Crippen LogP contribution in [0.15, 0.2) is 24.3 Å². The summed E-state index contributed by atoms with van der Waals surface area (Å²) >= 11 is 0. The number of nitrogens with one attached hydrogen (secondary N) is 2. The van der Waals surface area contributed by atoms with E-state index in [1.54, 1.807) is 31.4 Å². The molecule has 25 heavy (non-hydrogen) atoms. The summed E-state index contributed by atoms with van der Waals surface area (Å²) in [4.78, 5) is 23.4. The standard InChI is InChI=1S/C16H22N2O6S/c1-23-13-2-4-14(5-3-13)24-8-7-17-15(19)10-16(20)18-12-6-9-25(21,22)11-12/h2-5,12H,6-11H2,1H3,(H,17,19)(H,18,20). The number of benzene rings is 1. The minimum absolute atomic E-state index is 0.0595. The third-order valence-electron chi connectivity index (χ3n) is 3.67. The van der Waals surface area contributed by atoms with E-state index < -0.39 is 27.7 Å². The first-order valence-electron chi connectivity index (χ1n) is 7.91. The van der Waals surface area contributed by atoms with E-state index in [1.165, 1.54) is 0 Å². The highest BCUT2D eigenvalue weighted by atomic mass is 32.2. The van der Waals surface area contributed by atoms with Crippen LogP contribution in [0.2, 0.25) is 0 Å². The Kier molecular flexibility index (Phi) is 6.63. The first-order valence-corrected chi connectivity index (χ1v) is 9.73. The molecule has 2 N–H and O–H groups in total. The molecule has 138 valence electrons. The van der Waals surface area contributed by atoms with E-state index in [2.05, 4.69) is 10.6 Å². The lowest BCUT2D eigenvalue weighted by Crippen LogP contribution is -2.39. The molecule has 0 radical (unpaired) electrons. The molecule has 2 amide bonds. The molecule has 1 fully saturated rings. The highest BCUT2D eigenvalue weighted by Gasteiger charge is 2.29. The summed E-state index contributed by atoms with van der Waals surface area (Å²) in [5.41, 5.74) is 0. The summed E-state index contributed by atoms with van der Waals surface area (Å²) in [6, 6.07) is 6.64. The molecule has 1 atom stereocenters. The van der Waals surface area contributed by atoms with Crippen LogP contribution in [-0.2, 0) is 19.4 Å². The quantitative estimate of drug-likeness (QED) is 0.488. The van der Waals surface area contributed by atoms with Gasteiger partial charge in [-0.05, 0) is 30.7 Å². The Morgan fingerprint density at radius 2 is 1.84 bits per heavy atom. The first-order chi connectivity index (χ1) is 11.9. The van der Waals surface area contributed by atoms with Gasteiger partial charge >= 0.3 is 0 Å². The van der Waals surface area contributed by atoms with Gasteiger partial charge in [0.1, 0.15) is 24.5 Å². The fourth-order valence-electron chi connectivity index (χ4n) is 2.43. The number of rotatable bonds is 8. The Bertz CT molecular complexity index is 702. The van der Waals surface area contributed by atoms with Gasteiger partial charge in [0.05, 0.1) is 25.2 Å². The van der Waals surface area contributed by atoms with Crippen LogP contribution in [0.3, 0.4) is 0 Å². The summed E-state index contributed by atoms with van der Waals surface area (Å²) in [7, 11) is -1.48. The minimum Gasteiger partial charge on any atom is -0.497 e. The summed E-state index contributed by atoms with van der Waals surface area (Å²) in [6.45, 7) is 0.524. The van der Waals surface area contributed by atoms with Gasteiger partial charge in [-0.3, -0.25) is 9.59 Å². The van der Waals surface area contributed by atoms with Crippen molar-refractivity contribution in [3.63, 3.8) is 0 Å². The number of hydrogen-bond acceptors (Lipinski definition) is 6. The van der Waals surface area contributed by atoms with Gasteiger partial charge in [0.25, 0.3) is 0 Å². The van der Waals surface area contributed by atoms with Crippen LogP contribution < -0.4 is 20.1 Å². The molecular formula is C16H22N2O6S.